The number of rotatable bonds is 9. The number of benzene rings is 2. The van der Waals surface area contributed by atoms with Crippen molar-refractivity contribution >= 4 is 0 Å². The van der Waals surface area contributed by atoms with Gasteiger partial charge in [-0.25, -0.2) is 8.78 Å². The molecule has 0 radical (unpaired) electrons. The van der Waals surface area contributed by atoms with Crippen LogP contribution in [0.2, 0.25) is 0 Å². The fourth-order valence-electron chi connectivity index (χ4n) is 6.27. The van der Waals surface area contributed by atoms with E-state index in [9.17, 15) is 17.6 Å². The lowest BCUT2D eigenvalue weighted by atomic mass is 9.74. The third-order valence-electron chi connectivity index (χ3n) is 8.28. The molecule has 0 aromatic heterocycles. The van der Waals surface area contributed by atoms with Crippen molar-refractivity contribution in [1.29, 1.82) is 0 Å². The van der Waals surface area contributed by atoms with Crippen molar-refractivity contribution in [2.45, 2.75) is 96.3 Å². The van der Waals surface area contributed by atoms with Crippen molar-refractivity contribution < 1.29 is 31.4 Å². The van der Waals surface area contributed by atoms with E-state index >= 15 is 4.39 Å². The van der Waals surface area contributed by atoms with Crippen molar-refractivity contribution in [2.75, 3.05) is 0 Å². The molecular weight excluding hydrogens is 487 g/mol. The van der Waals surface area contributed by atoms with Crippen LogP contribution >= 0.6 is 0 Å². The summed E-state index contributed by atoms with van der Waals surface area (Å²) in [7, 11) is 0. The molecule has 204 valence electrons. The third kappa shape index (κ3) is 7.84. The lowest BCUT2D eigenvalue weighted by molar-refractivity contribution is -0.274. The maximum absolute atomic E-state index is 15.3. The summed E-state index contributed by atoms with van der Waals surface area (Å²) >= 11 is 0. The molecule has 0 spiro atoms. The van der Waals surface area contributed by atoms with Crippen LogP contribution in [0.25, 0.3) is 0 Å². The van der Waals surface area contributed by atoms with Gasteiger partial charge in [-0.2, -0.15) is 0 Å². The number of hydrogen-bond acceptors (Lipinski definition) is 2. The molecule has 2 nitrogen and oxygen atoms in total. The summed E-state index contributed by atoms with van der Waals surface area (Å²) in [5.74, 6) is 0.460. The van der Waals surface area contributed by atoms with Crippen LogP contribution in [0.1, 0.15) is 95.5 Å². The topological polar surface area (TPSA) is 18.5 Å². The van der Waals surface area contributed by atoms with Gasteiger partial charge in [-0.15, -0.1) is 13.2 Å². The van der Waals surface area contributed by atoms with Crippen molar-refractivity contribution in [1.82, 2.24) is 0 Å². The van der Waals surface area contributed by atoms with Gasteiger partial charge >= 0.3 is 6.36 Å². The molecule has 2 aliphatic carbocycles. The van der Waals surface area contributed by atoms with Gasteiger partial charge in [0.1, 0.15) is 17.3 Å². The molecule has 2 aromatic rings. The maximum atomic E-state index is 15.3. The molecule has 0 bridgehead atoms. The second-order valence-electron chi connectivity index (χ2n) is 10.9. The molecule has 37 heavy (non-hydrogen) atoms. The van der Waals surface area contributed by atoms with Gasteiger partial charge in [-0.3, -0.25) is 0 Å². The van der Waals surface area contributed by atoms with Crippen LogP contribution < -0.4 is 9.47 Å². The molecule has 2 fully saturated rings. The lowest BCUT2D eigenvalue weighted by Gasteiger charge is -2.32. The average Bonchev–Trinajstić information content (AvgIpc) is 2.87. The van der Waals surface area contributed by atoms with Gasteiger partial charge in [0, 0.05) is 5.56 Å². The van der Waals surface area contributed by atoms with E-state index in [4.69, 9.17) is 4.74 Å². The fourth-order valence-corrected chi connectivity index (χ4v) is 6.27. The Balaban J connectivity index is 1.30. The Labute approximate surface area is 216 Å². The molecule has 0 heterocycles. The standard InChI is InChI=1S/C30H37F5O2/c1-2-3-20-4-6-21(7-5-20)8-9-22-10-12-23(13-11-22)28-26(31)18-19-27(29(28)32)36-24-14-16-25(17-15-24)37-30(33,34)35/h14-23H,2-13H2,1H3. The maximum Gasteiger partial charge on any atom is 0.573 e. The van der Waals surface area contributed by atoms with Gasteiger partial charge in [0.2, 0.25) is 0 Å². The highest BCUT2D eigenvalue weighted by atomic mass is 19.4. The normalized spacial score (nSPS) is 24.6. The van der Waals surface area contributed by atoms with Gasteiger partial charge in [0.25, 0.3) is 0 Å². The smallest absolute Gasteiger partial charge is 0.454 e. The second kappa shape index (κ2) is 12.5. The highest BCUT2D eigenvalue weighted by molar-refractivity contribution is 5.39. The first-order chi connectivity index (χ1) is 17.7. The minimum absolute atomic E-state index is 0.0576. The number of halogens is 5. The van der Waals surface area contributed by atoms with Crippen molar-refractivity contribution in [3.05, 3.63) is 53.6 Å². The molecule has 2 aromatic carbocycles. The zero-order chi connectivity index (χ0) is 26.4. The van der Waals surface area contributed by atoms with E-state index in [-0.39, 0.29) is 23.0 Å². The molecule has 2 saturated carbocycles. The number of alkyl halides is 3. The van der Waals surface area contributed by atoms with E-state index in [0.29, 0.717) is 5.92 Å². The fraction of sp³-hybridized carbons (Fsp3) is 0.600. The Hall–Kier alpha value is -2.31. The summed E-state index contributed by atoms with van der Waals surface area (Å²) < 4.78 is 76.5. The van der Waals surface area contributed by atoms with Crippen LogP contribution in [0.15, 0.2) is 36.4 Å². The first kappa shape index (κ1) is 27.7. The quantitative estimate of drug-likeness (QED) is 0.304. The van der Waals surface area contributed by atoms with E-state index < -0.39 is 23.7 Å². The SMILES string of the molecule is CCCC1CCC(CCC2CCC(c3c(F)ccc(Oc4ccc(OC(F)(F)F)cc4)c3F)CC2)CC1. The van der Waals surface area contributed by atoms with Gasteiger partial charge in [0.15, 0.2) is 11.6 Å². The molecule has 4 rings (SSSR count). The number of hydrogen-bond donors (Lipinski definition) is 0. The molecule has 0 unspecified atom stereocenters. The largest absolute Gasteiger partial charge is 0.573 e. The first-order valence-electron chi connectivity index (χ1n) is 13.7. The molecule has 0 N–H and O–H groups in total. The van der Waals surface area contributed by atoms with Crippen molar-refractivity contribution in [3.63, 3.8) is 0 Å². The molecular formula is C30H37F5O2. The van der Waals surface area contributed by atoms with E-state index in [1.165, 1.54) is 75.6 Å². The van der Waals surface area contributed by atoms with E-state index in [1.807, 2.05) is 0 Å². The molecule has 0 aliphatic heterocycles. The Bertz CT molecular complexity index is 988. The van der Waals surface area contributed by atoms with E-state index in [2.05, 4.69) is 11.7 Å². The van der Waals surface area contributed by atoms with Crippen LogP contribution in [0, 0.1) is 29.4 Å². The molecule has 0 amide bonds. The number of ether oxygens (including phenoxy) is 2. The van der Waals surface area contributed by atoms with E-state index in [1.54, 1.807) is 0 Å². The Morgan fingerprint density at radius 3 is 1.76 bits per heavy atom. The molecule has 0 saturated heterocycles. The Morgan fingerprint density at radius 2 is 1.22 bits per heavy atom. The predicted molar refractivity (Wildman–Crippen MR) is 134 cm³/mol. The van der Waals surface area contributed by atoms with Gasteiger partial charge in [-0.1, -0.05) is 58.3 Å². The summed E-state index contributed by atoms with van der Waals surface area (Å²) in [5, 5.41) is 0. The Morgan fingerprint density at radius 1 is 0.703 bits per heavy atom. The van der Waals surface area contributed by atoms with E-state index in [0.717, 1.165) is 49.7 Å². The van der Waals surface area contributed by atoms with Crippen molar-refractivity contribution in [2.24, 2.45) is 17.8 Å². The predicted octanol–water partition coefficient (Wildman–Crippen LogP) is 10.3. The van der Waals surface area contributed by atoms with Gasteiger partial charge in [0.05, 0.1) is 0 Å². The van der Waals surface area contributed by atoms with Crippen molar-refractivity contribution in [3.8, 4) is 17.2 Å². The average molecular weight is 525 g/mol. The summed E-state index contributed by atoms with van der Waals surface area (Å²) in [4.78, 5) is 0. The van der Waals surface area contributed by atoms with Crippen LogP contribution in [0.3, 0.4) is 0 Å². The lowest BCUT2D eigenvalue weighted by Crippen LogP contribution is -2.18. The highest BCUT2D eigenvalue weighted by Crippen LogP contribution is 2.43. The first-order valence-corrected chi connectivity index (χ1v) is 13.7. The van der Waals surface area contributed by atoms with Crippen LogP contribution in [0.4, 0.5) is 22.0 Å². The van der Waals surface area contributed by atoms with Crippen LogP contribution in [-0.2, 0) is 0 Å². The molecule has 0 atom stereocenters. The third-order valence-corrected chi connectivity index (χ3v) is 8.28. The minimum atomic E-state index is -4.80. The Kier molecular flexibility index (Phi) is 9.36. The second-order valence-corrected chi connectivity index (χ2v) is 10.9. The zero-order valence-electron chi connectivity index (χ0n) is 21.5. The summed E-state index contributed by atoms with van der Waals surface area (Å²) in [6, 6.07) is 7.10. The summed E-state index contributed by atoms with van der Waals surface area (Å²) in [5.41, 5.74) is 0.0576. The minimum Gasteiger partial charge on any atom is -0.454 e. The van der Waals surface area contributed by atoms with Gasteiger partial charge < -0.3 is 9.47 Å². The summed E-state index contributed by atoms with van der Waals surface area (Å²) in [6.45, 7) is 2.27. The molecule has 7 heteroatoms. The van der Waals surface area contributed by atoms with Gasteiger partial charge in [-0.05, 0) is 85.8 Å². The zero-order valence-corrected chi connectivity index (χ0v) is 21.5. The van der Waals surface area contributed by atoms with Crippen LogP contribution in [0.5, 0.6) is 17.2 Å². The van der Waals surface area contributed by atoms with Crippen LogP contribution in [-0.4, -0.2) is 6.36 Å². The highest BCUT2D eigenvalue weighted by Gasteiger charge is 2.31. The molecule has 2 aliphatic rings. The monoisotopic (exact) mass is 524 g/mol. The summed E-state index contributed by atoms with van der Waals surface area (Å²) in [6.07, 6.45) is 9.19.